The van der Waals surface area contributed by atoms with Gasteiger partial charge in [0.2, 0.25) is 0 Å². The van der Waals surface area contributed by atoms with Crippen molar-refractivity contribution < 1.29 is 4.79 Å². The second-order valence-electron chi connectivity index (χ2n) is 3.79. The van der Waals surface area contributed by atoms with E-state index >= 15 is 0 Å². The van der Waals surface area contributed by atoms with Crippen LogP contribution in [0.25, 0.3) is 0 Å². The molecule has 1 amide bonds. The summed E-state index contributed by atoms with van der Waals surface area (Å²) >= 11 is 11.6. The highest BCUT2D eigenvalue weighted by atomic mass is 35.5. The molecule has 98 valence electrons. The van der Waals surface area contributed by atoms with Crippen molar-refractivity contribution in [3.05, 3.63) is 58.1 Å². The first-order valence-electron chi connectivity index (χ1n) is 5.67. The summed E-state index contributed by atoms with van der Waals surface area (Å²) in [6.45, 7) is 0.459. The molecule has 6 heteroatoms. The van der Waals surface area contributed by atoms with Crippen LogP contribution in [0.1, 0.15) is 16.2 Å². The van der Waals surface area contributed by atoms with Gasteiger partial charge in [0.1, 0.15) is 10.8 Å². The zero-order valence-electron chi connectivity index (χ0n) is 9.94. The number of hydrogen-bond acceptors (Lipinski definition) is 3. The first-order chi connectivity index (χ1) is 9.16. The molecular formula is C13H11Cl2N3O. The van der Waals surface area contributed by atoms with Crippen molar-refractivity contribution >= 4 is 29.1 Å². The number of nitrogens with one attached hydrogen (secondary N) is 1. The minimum absolute atomic E-state index is 0.134. The van der Waals surface area contributed by atoms with Gasteiger partial charge in [0.05, 0.1) is 5.02 Å². The summed E-state index contributed by atoms with van der Waals surface area (Å²) in [6.07, 6.45) is 2.36. The predicted molar refractivity (Wildman–Crippen MR) is 74.5 cm³/mol. The zero-order chi connectivity index (χ0) is 13.7. The largest absolute Gasteiger partial charge is 0.350 e. The maximum Gasteiger partial charge on any atom is 0.271 e. The maximum atomic E-state index is 11.9. The molecule has 0 aliphatic heterocycles. The van der Waals surface area contributed by atoms with Crippen molar-refractivity contribution in [2.24, 2.45) is 0 Å². The van der Waals surface area contributed by atoms with Crippen molar-refractivity contribution in [1.29, 1.82) is 0 Å². The van der Waals surface area contributed by atoms with Gasteiger partial charge >= 0.3 is 0 Å². The standard InChI is InChI=1S/C13H11Cl2N3O/c14-10-4-5-11(15)18-12(10)13(19)17-8-6-9-3-1-2-7-16-9/h1-5,7H,6,8H2,(H,17,19). The number of nitrogens with zero attached hydrogens (tertiary/aromatic N) is 2. The average molecular weight is 296 g/mol. The summed E-state index contributed by atoms with van der Waals surface area (Å²) in [4.78, 5) is 19.9. The second kappa shape index (κ2) is 6.50. The SMILES string of the molecule is O=C(NCCc1ccccn1)c1nc(Cl)ccc1Cl. The molecule has 0 aliphatic carbocycles. The van der Waals surface area contributed by atoms with Crippen LogP contribution in [0.4, 0.5) is 0 Å². The molecule has 0 radical (unpaired) electrons. The topological polar surface area (TPSA) is 54.9 Å². The Hall–Kier alpha value is -1.65. The lowest BCUT2D eigenvalue weighted by molar-refractivity contribution is 0.0949. The highest BCUT2D eigenvalue weighted by Crippen LogP contribution is 2.16. The minimum atomic E-state index is -0.344. The van der Waals surface area contributed by atoms with Crippen molar-refractivity contribution in [3.63, 3.8) is 0 Å². The molecule has 4 nitrogen and oxygen atoms in total. The number of rotatable bonds is 4. The third-order valence-electron chi connectivity index (χ3n) is 2.42. The number of aromatic nitrogens is 2. The van der Waals surface area contributed by atoms with Crippen LogP contribution >= 0.6 is 23.2 Å². The molecule has 19 heavy (non-hydrogen) atoms. The van der Waals surface area contributed by atoms with Gasteiger partial charge in [0.15, 0.2) is 0 Å². The van der Waals surface area contributed by atoms with Gasteiger partial charge in [-0.15, -0.1) is 0 Å². The Balaban J connectivity index is 1.93. The smallest absolute Gasteiger partial charge is 0.271 e. The van der Waals surface area contributed by atoms with Crippen molar-refractivity contribution in [2.75, 3.05) is 6.54 Å². The molecule has 0 saturated heterocycles. The maximum absolute atomic E-state index is 11.9. The lowest BCUT2D eigenvalue weighted by Crippen LogP contribution is -2.27. The fraction of sp³-hybridized carbons (Fsp3) is 0.154. The predicted octanol–water partition coefficient (Wildman–Crippen LogP) is 2.76. The Kier molecular flexibility index (Phi) is 4.71. The summed E-state index contributed by atoms with van der Waals surface area (Å²) in [5.41, 5.74) is 1.04. The van der Waals surface area contributed by atoms with E-state index in [2.05, 4.69) is 15.3 Å². The number of carbonyl (C=O) groups excluding carboxylic acids is 1. The molecule has 2 aromatic heterocycles. The molecule has 2 aromatic rings. The van der Waals surface area contributed by atoms with Gasteiger partial charge in [-0.3, -0.25) is 9.78 Å². The normalized spacial score (nSPS) is 10.2. The van der Waals surface area contributed by atoms with Gasteiger partial charge in [-0.2, -0.15) is 0 Å². The van der Waals surface area contributed by atoms with Crippen LogP contribution < -0.4 is 5.32 Å². The van der Waals surface area contributed by atoms with Crippen LogP contribution in [0.5, 0.6) is 0 Å². The summed E-state index contributed by atoms with van der Waals surface area (Å²) < 4.78 is 0. The molecule has 2 heterocycles. The lowest BCUT2D eigenvalue weighted by atomic mass is 10.2. The quantitative estimate of drug-likeness (QED) is 0.883. The number of halogens is 2. The summed E-state index contributed by atoms with van der Waals surface area (Å²) in [7, 11) is 0. The molecule has 0 aromatic carbocycles. The van der Waals surface area contributed by atoms with E-state index < -0.39 is 0 Å². The summed E-state index contributed by atoms with van der Waals surface area (Å²) in [5, 5.41) is 3.24. The van der Waals surface area contributed by atoms with Crippen LogP contribution in [0.15, 0.2) is 36.5 Å². The average Bonchev–Trinajstić information content (AvgIpc) is 2.42. The molecule has 2 rings (SSSR count). The molecule has 0 atom stereocenters. The third-order valence-corrected chi connectivity index (χ3v) is 2.94. The van der Waals surface area contributed by atoms with Crippen molar-refractivity contribution in [3.8, 4) is 0 Å². The van der Waals surface area contributed by atoms with Gasteiger partial charge in [0, 0.05) is 24.9 Å². The first kappa shape index (κ1) is 13.8. The Labute approximate surface area is 120 Å². The van der Waals surface area contributed by atoms with E-state index in [-0.39, 0.29) is 21.8 Å². The van der Waals surface area contributed by atoms with E-state index in [9.17, 15) is 4.79 Å². The highest BCUT2D eigenvalue weighted by molar-refractivity contribution is 6.34. The van der Waals surface area contributed by atoms with Gasteiger partial charge < -0.3 is 5.32 Å². The fourth-order valence-electron chi connectivity index (χ4n) is 1.51. The van der Waals surface area contributed by atoms with Gasteiger partial charge in [-0.25, -0.2) is 4.98 Å². The molecule has 0 fully saturated rings. The number of carbonyl (C=O) groups is 1. The molecule has 0 unspecified atom stereocenters. The van der Waals surface area contributed by atoms with Gasteiger partial charge in [-0.1, -0.05) is 29.3 Å². The van der Waals surface area contributed by atoms with E-state index in [1.807, 2.05) is 18.2 Å². The minimum Gasteiger partial charge on any atom is -0.350 e. The molecule has 0 aliphatic rings. The highest BCUT2D eigenvalue weighted by Gasteiger charge is 2.12. The summed E-state index contributed by atoms with van der Waals surface area (Å²) in [5.74, 6) is -0.344. The van der Waals surface area contributed by atoms with Crippen molar-refractivity contribution in [1.82, 2.24) is 15.3 Å². The molecule has 0 saturated carbocycles. The van der Waals surface area contributed by atoms with Crippen LogP contribution in [0.2, 0.25) is 10.2 Å². The zero-order valence-corrected chi connectivity index (χ0v) is 11.4. The fourth-order valence-corrected chi connectivity index (χ4v) is 1.85. The molecule has 1 N–H and O–H groups in total. The number of hydrogen-bond donors (Lipinski definition) is 1. The Bertz CT molecular complexity index is 575. The Morgan fingerprint density at radius 2 is 2.05 bits per heavy atom. The van der Waals surface area contributed by atoms with E-state index in [1.165, 1.54) is 6.07 Å². The molecule has 0 spiro atoms. The van der Waals surface area contributed by atoms with Crippen LogP contribution in [0.3, 0.4) is 0 Å². The van der Waals surface area contributed by atoms with E-state index in [0.717, 1.165) is 5.69 Å². The van der Waals surface area contributed by atoms with Gasteiger partial charge in [0.25, 0.3) is 5.91 Å². The van der Waals surface area contributed by atoms with Gasteiger partial charge in [-0.05, 0) is 24.3 Å². The van der Waals surface area contributed by atoms with E-state index in [1.54, 1.807) is 12.3 Å². The van der Waals surface area contributed by atoms with Crippen LogP contribution in [-0.2, 0) is 6.42 Å². The van der Waals surface area contributed by atoms with Crippen molar-refractivity contribution in [2.45, 2.75) is 6.42 Å². The first-order valence-corrected chi connectivity index (χ1v) is 6.42. The number of pyridine rings is 2. The second-order valence-corrected chi connectivity index (χ2v) is 4.59. The monoisotopic (exact) mass is 295 g/mol. The van der Waals surface area contributed by atoms with Crippen LogP contribution in [0, 0.1) is 0 Å². The summed E-state index contributed by atoms with van der Waals surface area (Å²) in [6, 6.07) is 8.73. The Morgan fingerprint density at radius 3 is 2.79 bits per heavy atom. The third kappa shape index (κ3) is 3.91. The van der Waals surface area contributed by atoms with Crippen LogP contribution in [-0.4, -0.2) is 22.4 Å². The van der Waals surface area contributed by atoms with E-state index in [0.29, 0.717) is 13.0 Å². The lowest BCUT2D eigenvalue weighted by Gasteiger charge is -2.06. The molecular weight excluding hydrogens is 285 g/mol. The number of amides is 1. The molecule has 0 bridgehead atoms. The Morgan fingerprint density at radius 1 is 1.21 bits per heavy atom. The van der Waals surface area contributed by atoms with E-state index in [4.69, 9.17) is 23.2 Å².